The van der Waals surface area contributed by atoms with E-state index in [0.29, 0.717) is 29.5 Å². The third-order valence-electron chi connectivity index (χ3n) is 2.86. The molecular formula is C13H15NO5S. The van der Waals surface area contributed by atoms with Crippen LogP contribution in [0.4, 0.5) is 0 Å². The van der Waals surface area contributed by atoms with Crippen molar-refractivity contribution in [2.75, 3.05) is 26.3 Å². The summed E-state index contributed by atoms with van der Waals surface area (Å²) in [4.78, 5) is 25.6. The topological polar surface area (TPSA) is 87.1 Å². The molecule has 2 N–H and O–H groups in total. The molecule has 1 aromatic heterocycles. The number of rotatable bonds is 4. The first-order chi connectivity index (χ1) is 9.60. The highest BCUT2D eigenvalue weighted by atomic mass is 32.1. The number of hydrogen-bond acceptors (Lipinski definition) is 5. The van der Waals surface area contributed by atoms with Crippen molar-refractivity contribution >= 4 is 29.3 Å². The Kier molecular flexibility index (Phi) is 4.89. The quantitative estimate of drug-likeness (QED) is 0.798. The minimum atomic E-state index is -1.02. The van der Waals surface area contributed by atoms with Gasteiger partial charge in [0.05, 0.1) is 24.2 Å². The fourth-order valence-electron chi connectivity index (χ4n) is 1.88. The van der Waals surface area contributed by atoms with Gasteiger partial charge in [-0.2, -0.15) is 0 Å². The molecule has 1 aromatic rings. The second kappa shape index (κ2) is 6.65. The number of aliphatic carboxylic acids is 1. The van der Waals surface area contributed by atoms with E-state index in [1.165, 1.54) is 17.4 Å². The SMILES string of the molecule is O=C(O)/C=C/c1ccc(C(=O)N2CCOC(CO)C2)s1. The number of amides is 1. The van der Waals surface area contributed by atoms with Crippen LogP contribution in [-0.2, 0) is 9.53 Å². The smallest absolute Gasteiger partial charge is 0.328 e. The van der Waals surface area contributed by atoms with Gasteiger partial charge in [-0.15, -0.1) is 11.3 Å². The summed E-state index contributed by atoms with van der Waals surface area (Å²) in [5.41, 5.74) is 0. The highest BCUT2D eigenvalue weighted by Gasteiger charge is 2.25. The van der Waals surface area contributed by atoms with E-state index in [0.717, 1.165) is 6.08 Å². The maximum absolute atomic E-state index is 12.3. The van der Waals surface area contributed by atoms with Crippen molar-refractivity contribution in [3.63, 3.8) is 0 Å². The number of carbonyl (C=O) groups excluding carboxylic acids is 1. The van der Waals surface area contributed by atoms with E-state index in [-0.39, 0.29) is 18.6 Å². The second-order valence-electron chi connectivity index (χ2n) is 4.30. The fraction of sp³-hybridized carbons (Fsp3) is 0.385. The molecule has 0 saturated carbocycles. The summed E-state index contributed by atoms with van der Waals surface area (Å²) < 4.78 is 5.30. The highest BCUT2D eigenvalue weighted by molar-refractivity contribution is 7.14. The van der Waals surface area contributed by atoms with Crippen LogP contribution in [0.3, 0.4) is 0 Å². The van der Waals surface area contributed by atoms with Crippen LogP contribution >= 0.6 is 11.3 Å². The minimum absolute atomic E-state index is 0.110. The predicted molar refractivity (Wildman–Crippen MR) is 73.7 cm³/mol. The molecule has 1 saturated heterocycles. The lowest BCUT2D eigenvalue weighted by molar-refractivity contribution is -0.131. The fourth-order valence-corrected chi connectivity index (χ4v) is 2.76. The molecule has 0 aliphatic carbocycles. The molecule has 1 fully saturated rings. The molecule has 0 spiro atoms. The first-order valence-electron chi connectivity index (χ1n) is 6.12. The number of hydrogen-bond donors (Lipinski definition) is 2. The summed E-state index contributed by atoms with van der Waals surface area (Å²) in [6, 6.07) is 3.39. The van der Waals surface area contributed by atoms with E-state index in [1.54, 1.807) is 17.0 Å². The first-order valence-corrected chi connectivity index (χ1v) is 6.94. The molecule has 7 heteroatoms. The number of nitrogens with zero attached hydrogens (tertiary/aromatic N) is 1. The van der Waals surface area contributed by atoms with Crippen molar-refractivity contribution in [2.24, 2.45) is 0 Å². The van der Waals surface area contributed by atoms with E-state index in [1.807, 2.05) is 0 Å². The van der Waals surface area contributed by atoms with Gasteiger partial charge in [-0.1, -0.05) is 0 Å². The van der Waals surface area contributed by atoms with Gasteiger partial charge in [-0.05, 0) is 18.2 Å². The number of carbonyl (C=O) groups is 2. The number of carboxylic acids is 1. The summed E-state index contributed by atoms with van der Waals surface area (Å²) in [6.07, 6.45) is 2.16. The normalized spacial score (nSPS) is 19.4. The van der Waals surface area contributed by atoms with E-state index in [4.69, 9.17) is 14.9 Å². The molecule has 20 heavy (non-hydrogen) atoms. The van der Waals surface area contributed by atoms with Gasteiger partial charge >= 0.3 is 5.97 Å². The van der Waals surface area contributed by atoms with E-state index < -0.39 is 5.97 Å². The number of morpholine rings is 1. The Morgan fingerprint density at radius 1 is 1.50 bits per heavy atom. The van der Waals surface area contributed by atoms with Crippen LogP contribution in [0, 0.1) is 0 Å². The molecule has 2 heterocycles. The van der Waals surface area contributed by atoms with E-state index >= 15 is 0 Å². The van der Waals surface area contributed by atoms with Crippen molar-refractivity contribution in [1.82, 2.24) is 4.90 Å². The molecule has 1 aliphatic rings. The molecule has 0 bridgehead atoms. The summed E-state index contributed by atoms with van der Waals surface area (Å²) in [5.74, 6) is -1.14. The lowest BCUT2D eigenvalue weighted by Crippen LogP contribution is -2.46. The molecule has 1 aliphatic heterocycles. The summed E-state index contributed by atoms with van der Waals surface area (Å²) in [5, 5.41) is 17.6. The van der Waals surface area contributed by atoms with Crippen molar-refractivity contribution in [3.05, 3.63) is 28.0 Å². The lowest BCUT2D eigenvalue weighted by Gasteiger charge is -2.31. The second-order valence-corrected chi connectivity index (χ2v) is 5.42. The van der Waals surface area contributed by atoms with Crippen molar-refractivity contribution in [2.45, 2.75) is 6.10 Å². The third-order valence-corrected chi connectivity index (χ3v) is 3.90. The van der Waals surface area contributed by atoms with Crippen LogP contribution in [0.25, 0.3) is 6.08 Å². The Morgan fingerprint density at radius 3 is 3.00 bits per heavy atom. The molecule has 1 unspecified atom stereocenters. The van der Waals surface area contributed by atoms with Crippen LogP contribution in [0.15, 0.2) is 18.2 Å². The first kappa shape index (κ1) is 14.7. The maximum atomic E-state index is 12.3. The Labute approximate surface area is 119 Å². The molecular weight excluding hydrogens is 282 g/mol. The van der Waals surface area contributed by atoms with Crippen LogP contribution in [0.2, 0.25) is 0 Å². The maximum Gasteiger partial charge on any atom is 0.328 e. The zero-order valence-electron chi connectivity index (χ0n) is 10.7. The molecule has 2 rings (SSSR count). The summed E-state index contributed by atoms with van der Waals surface area (Å²) in [7, 11) is 0. The van der Waals surface area contributed by atoms with Crippen LogP contribution in [0.1, 0.15) is 14.5 Å². The van der Waals surface area contributed by atoms with E-state index in [2.05, 4.69) is 0 Å². The molecule has 6 nitrogen and oxygen atoms in total. The zero-order chi connectivity index (χ0) is 14.5. The van der Waals surface area contributed by atoms with Gasteiger partial charge in [0, 0.05) is 24.0 Å². The Balaban J connectivity index is 2.04. The summed E-state index contributed by atoms with van der Waals surface area (Å²) in [6.45, 7) is 1.16. The number of carboxylic acid groups (broad SMARTS) is 1. The van der Waals surface area contributed by atoms with Crippen LogP contribution in [0.5, 0.6) is 0 Å². The van der Waals surface area contributed by atoms with Gasteiger partial charge in [-0.3, -0.25) is 4.79 Å². The number of aliphatic hydroxyl groups excluding tert-OH is 1. The minimum Gasteiger partial charge on any atom is -0.478 e. The molecule has 108 valence electrons. The molecule has 1 atom stereocenters. The molecule has 1 amide bonds. The van der Waals surface area contributed by atoms with Crippen LogP contribution in [-0.4, -0.2) is 59.4 Å². The Morgan fingerprint density at radius 2 is 2.30 bits per heavy atom. The Hall–Kier alpha value is -1.70. The van der Waals surface area contributed by atoms with Crippen LogP contribution < -0.4 is 0 Å². The predicted octanol–water partition coefficient (Wildman–Crippen LogP) is 0.679. The van der Waals surface area contributed by atoms with Gasteiger partial charge in [0.25, 0.3) is 5.91 Å². The van der Waals surface area contributed by atoms with Gasteiger partial charge in [0.1, 0.15) is 0 Å². The van der Waals surface area contributed by atoms with Crippen molar-refractivity contribution in [3.8, 4) is 0 Å². The standard InChI is InChI=1S/C13H15NO5S/c15-8-9-7-14(5-6-19-9)13(18)11-3-1-10(20-11)2-4-12(16)17/h1-4,9,15H,5-8H2,(H,16,17)/b4-2+. The number of aliphatic hydroxyl groups is 1. The summed E-state index contributed by atoms with van der Waals surface area (Å²) >= 11 is 1.24. The Bertz CT molecular complexity index is 525. The van der Waals surface area contributed by atoms with E-state index in [9.17, 15) is 9.59 Å². The third kappa shape index (κ3) is 3.66. The number of ether oxygens (including phenoxy) is 1. The number of thiophene rings is 1. The molecule has 0 aromatic carbocycles. The van der Waals surface area contributed by atoms with Gasteiger partial charge in [0.15, 0.2) is 0 Å². The average molecular weight is 297 g/mol. The molecule has 0 radical (unpaired) electrons. The zero-order valence-corrected chi connectivity index (χ0v) is 11.5. The van der Waals surface area contributed by atoms with Crippen molar-refractivity contribution < 1.29 is 24.5 Å². The highest BCUT2D eigenvalue weighted by Crippen LogP contribution is 2.20. The average Bonchev–Trinajstić information content (AvgIpc) is 2.93. The van der Waals surface area contributed by atoms with Gasteiger partial charge < -0.3 is 19.8 Å². The van der Waals surface area contributed by atoms with Gasteiger partial charge in [-0.25, -0.2) is 4.79 Å². The van der Waals surface area contributed by atoms with Gasteiger partial charge in [0.2, 0.25) is 0 Å². The monoisotopic (exact) mass is 297 g/mol. The van der Waals surface area contributed by atoms with Crippen molar-refractivity contribution in [1.29, 1.82) is 0 Å². The lowest BCUT2D eigenvalue weighted by atomic mass is 10.2. The largest absolute Gasteiger partial charge is 0.478 e.